The second-order valence-corrected chi connectivity index (χ2v) is 4.07. The Hall–Kier alpha value is -1.55. The van der Waals surface area contributed by atoms with Crippen LogP contribution in [-0.4, -0.2) is 45.7 Å². The first-order valence-corrected chi connectivity index (χ1v) is 5.34. The second kappa shape index (κ2) is 4.37. The quantitative estimate of drug-likeness (QED) is 0.533. The normalized spacial score (nSPS) is 36.8. The van der Waals surface area contributed by atoms with Gasteiger partial charge in [-0.25, -0.2) is 4.99 Å². The van der Waals surface area contributed by atoms with Crippen LogP contribution in [0.5, 0.6) is 0 Å². The molecule has 0 amide bonds. The van der Waals surface area contributed by atoms with Crippen LogP contribution in [-0.2, 0) is 4.74 Å². The van der Waals surface area contributed by atoms with Crippen LogP contribution in [0, 0.1) is 12.3 Å². The number of hydrogen-bond acceptors (Lipinski definition) is 6. The first-order chi connectivity index (χ1) is 8.10. The highest BCUT2D eigenvalue weighted by atomic mass is 16.5. The first kappa shape index (κ1) is 11.9. The van der Waals surface area contributed by atoms with E-state index in [1.165, 1.54) is 4.90 Å². The van der Waals surface area contributed by atoms with Gasteiger partial charge in [0.1, 0.15) is 12.1 Å². The zero-order valence-corrected chi connectivity index (χ0v) is 9.28. The molecule has 1 saturated heterocycles. The minimum Gasteiger partial charge on any atom is -0.392 e. The summed E-state index contributed by atoms with van der Waals surface area (Å²) < 4.78 is 5.61. The molecule has 1 unspecified atom stereocenters. The van der Waals surface area contributed by atoms with E-state index < -0.39 is 18.2 Å². The molecule has 2 heterocycles. The lowest BCUT2D eigenvalue weighted by Gasteiger charge is -2.32. The molecular formula is C11H15N3O3. The average Bonchev–Trinajstić information content (AvgIpc) is 2.74. The van der Waals surface area contributed by atoms with E-state index in [1.807, 2.05) is 0 Å². The molecule has 0 bridgehead atoms. The van der Waals surface area contributed by atoms with Crippen LogP contribution in [0.2, 0.25) is 0 Å². The third-order valence-corrected chi connectivity index (χ3v) is 2.96. The molecule has 2 rings (SSSR count). The number of rotatable bonds is 2. The predicted octanol–water partition coefficient (Wildman–Crippen LogP) is -1.05. The lowest BCUT2D eigenvalue weighted by atomic mass is 10.0. The van der Waals surface area contributed by atoms with Gasteiger partial charge in [-0.1, -0.05) is 5.92 Å². The highest BCUT2D eigenvalue weighted by Crippen LogP contribution is 2.32. The van der Waals surface area contributed by atoms with Crippen molar-refractivity contribution in [3.63, 3.8) is 0 Å². The molecule has 2 aliphatic rings. The topological polar surface area (TPSA) is 91.3 Å². The maximum atomic E-state index is 9.73. The Kier molecular flexibility index (Phi) is 3.07. The first-order valence-electron chi connectivity index (χ1n) is 5.34. The van der Waals surface area contributed by atoms with Crippen LogP contribution < -0.4 is 5.73 Å². The lowest BCUT2D eigenvalue weighted by Crippen LogP contribution is -2.43. The Morgan fingerprint density at radius 3 is 3.06 bits per heavy atom. The summed E-state index contributed by atoms with van der Waals surface area (Å²) in [5, 5.41) is 19.0. The maximum Gasteiger partial charge on any atom is 0.229 e. The Morgan fingerprint density at radius 2 is 2.53 bits per heavy atom. The summed E-state index contributed by atoms with van der Waals surface area (Å²) >= 11 is 0. The molecule has 4 N–H and O–H groups in total. The summed E-state index contributed by atoms with van der Waals surface area (Å²) in [4.78, 5) is 5.32. The molecule has 0 saturated carbocycles. The van der Waals surface area contributed by atoms with Gasteiger partial charge in [-0.05, 0) is 18.9 Å². The van der Waals surface area contributed by atoms with Gasteiger partial charge < -0.3 is 25.6 Å². The summed E-state index contributed by atoms with van der Waals surface area (Å²) in [7, 11) is 0. The molecule has 6 nitrogen and oxygen atoms in total. The van der Waals surface area contributed by atoms with Crippen LogP contribution in [0.1, 0.15) is 12.8 Å². The average molecular weight is 237 g/mol. The van der Waals surface area contributed by atoms with E-state index in [-0.39, 0.29) is 12.4 Å². The largest absolute Gasteiger partial charge is 0.392 e. The molecule has 0 radical (unpaired) electrons. The fourth-order valence-corrected chi connectivity index (χ4v) is 1.94. The fourth-order valence-electron chi connectivity index (χ4n) is 1.94. The number of aliphatic hydroxyl groups is 2. The minimum absolute atomic E-state index is 0.237. The van der Waals surface area contributed by atoms with Gasteiger partial charge in [-0.3, -0.25) is 0 Å². The Labute approximate surface area is 99.4 Å². The van der Waals surface area contributed by atoms with Crippen molar-refractivity contribution < 1.29 is 14.9 Å². The molecule has 0 aromatic carbocycles. The second-order valence-electron chi connectivity index (χ2n) is 4.07. The Morgan fingerprint density at radius 1 is 1.76 bits per heavy atom. The number of nitrogens with two attached hydrogens (primary N) is 1. The van der Waals surface area contributed by atoms with Crippen LogP contribution in [0.4, 0.5) is 0 Å². The smallest absolute Gasteiger partial charge is 0.229 e. The van der Waals surface area contributed by atoms with Gasteiger partial charge in [0.05, 0.1) is 6.61 Å². The highest BCUT2D eigenvalue weighted by Gasteiger charge is 2.41. The number of aliphatic imine (C=N–C) groups is 1. The van der Waals surface area contributed by atoms with E-state index in [2.05, 4.69) is 10.9 Å². The molecule has 0 aromatic heterocycles. The Bertz CT molecular complexity index is 401. The van der Waals surface area contributed by atoms with Gasteiger partial charge in [0.2, 0.25) is 6.35 Å². The molecular weight excluding hydrogens is 222 g/mol. The Balaban J connectivity index is 2.08. The van der Waals surface area contributed by atoms with E-state index in [1.54, 1.807) is 12.3 Å². The van der Waals surface area contributed by atoms with E-state index in [0.717, 1.165) is 0 Å². The van der Waals surface area contributed by atoms with Crippen molar-refractivity contribution in [1.29, 1.82) is 0 Å². The number of aliphatic hydroxyl groups excluding tert-OH is 2. The molecule has 0 aliphatic carbocycles. The SMILES string of the molecule is C#C[C@@]1(CO)CC[C@H](N2C=CC(N)=NC2O)O1. The summed E-state index contributed by atoms with van der Waals surface area (Å²) in [6, 6.07) is 0. The van der Waals surface area contributed by atoms with E-state index in [4.69, 9.17) is 16.9 Å². The molecule has 6 heteroatoms. The van der Waals surface area contributed by atoms with Crippen molar-refractivity contribution in [2.75, 3.05) is 6.61 Å². The van der Waals surface area contributed by atoms with Gasteiger partial charge in [0.25, 0.3) is 0 Å². The number of ether oxygens (including phenoxy) is 1. The molecule has 3 atom stereocenters. The summed E-state index contributed by atoms with van der Waals surface area (Å²) in [6.45, 7) is -0.237. The van der Waals surface area contributed by atoms with Gasteiger partial charge in [-0.2, -0.15) is 0 Å². The van der Waals surface area contributed by atoms with Crippen LogP contribution in [0.25, 0.3) is 0 Å². The fraction of sp³-hybridized carbons (Fsp3) is 0.545. The maximum absolute atomic E-state index is 9.73. The minimum atomic E-state index is -1.07. The number of hydrogen-bond donors (Lipinski definition) is 3. The summed E-state index contributed by atoms with van der Waals surface area (Å²) in [5.41, 5.74) is 4.50. The van der Waals surface area contributed by atoms with E-state index >= 15 is 0 Å². The van der Waals surface area contributed by atoms with Crippen LogP contribution in [0.15, 0.2) is 17.3 Å². The van der Waals surface area contributed by atoms with Crippen molar-refractivity contribution in [3.05, 3.63) is 12.3 Å². The zero-order valence-electron chi connectivity index (χ0n) is 9.28. The molecule has 2 aliphatic heterocycles. The number of nitrogens with zero attached hydrogens (tertiary/aromatic N) is 2. The molecule has 92 valence electrons. The van der Waals surface area contributed by atoms with Crippen molar-refractivity contribution >= 4 is 5.84 Å². The van der Waals surface area contributed by atoms with Crippen LogP contribution in [0.3, 0.4) is 0 Å². The number of amidine groups is 1. The summed E-state index contributed by atoms with van der Waals surface area (Å²) in [6.07, 6.45) is 8.21. The van der Waals surface area contributed by atoms with Crippen molar-refractivity contribution in [2.45, 2.75) is 31.0 Å². The molecule has 0 aromatic rings. The molecule has 1 fully saturated rings. The van der Waals surface area contributed by atoms with Gasteiger partial charge in [0, 0.05) is 6.20 Å². The number of terminal acetylenes is 1. The van der Waals surface area contributed by atoms with Gasteiger partial charge in [-0.15, -0.1) is 6.42 Å². The van der Waals surface area contributed by atoms with Gasteiger partial charge >= 0.3 is 0 Å². The van der Waals surface area contributed by atoms with Crippen molar-refractivity contribution in [2.24, 2.45) is 10.7 Å². The predicted molar refractivity (Wildman–Crippen MR) is 61.4 cm³/mol. The monoisotopic (exact) mass is 237 g/mol. The molecule has 17 heavy (non-hydrogen) atoms. The third-order valence-electron chi connectivity index (χ3n) is 2.96. The summed E-state index contributed by atoms with van der Waals surface area (Å²) in [5.74, 6) is 2.72. The zero-order chi connectivity index (χ0) is 12.5. The third kappa shape index (κ3) is 2.13. The van der Waals surface area contributed by atoms with Crippen molar-refractivity contribution in [1.82, 2.24) is 4.90 Å². The van der Waals surface area contributed by atoms with Crippen LogP contribution >= 0.6 is 0 Å². The standard InChI is InChI=1S/C11H15N3O3/c1-2-11(7-15)5-3-9(17-11)14-6-4-8(12)13-10(14)16/h1,4,6,9-10,15-16H,3,5,7H2,(H2,12,13)/t9-,10?,11+/m1/s1. The van der Waals surface area contributed by atoms with E-state index in [9.17, 15) is 10.2 Å². The van der Waals surface area contributed by atoms with Crippen molar-refractivity contribution in [3.8, 4) is 12.3 Å². The lowest BCUT2D eigenvalue weighted by molar-refractivity contribution is -0.126. The molecule has 0 spiro atoms. The van der Waals surface area contributed by atoms with Gasteiger partial charge in [0.15, 0.2) is 5.60 Å². The van der Waals surface area contributed by atoms with E-state index in [0.29, 0.717) is 12.8 Å². The highest BCUT2D eigenvalue weighted by molar-refractivity contribution is 5.91.